The molecule has 0 spiro atoms. The molecule has 15 aromatic rings. The van der Waals surface area contributed by atoms with Crippen molar-refractivity contribution in [3.8, 4) is 45.5 Å². The zero-order valence-electron chi connectivity index (χ0n) is 45.3. The Kier molecular flexibility index (Phi) is 10.1. The van der Waals surface area contributed by atoms with Crippen LogP contribution in [0.1, 0.15) is 51.8 Å². The van der Waals surface area contributed by atoms with Crippen LogP contribution in [-0.2, 0) is 5.41 Å². The van der Waals surface area contributed by atoms with Crippen LogP contribution in [0.3, 0.4) is 0 Å². The molecule has 388 valence electrons. The molecule has 4 atom stereocenters. The molecule has 17 rings (SSSR count). The van der Waals surface area contributed by atoms with Crippen LogP contribution in [0.15, 0.2) is 231 Å². The summed E-state index contributed by atoms with van der Waals surface area (Å²) in [6.45, 7) is 4.91. The van der Waals surface area contributed by atoms with Gasteiger partial charge in [0.25, 0.3) is 0 Å². The van der Waals surface area contributed by atoms with Crippen LogP contribution in [0.5, 0.6) is 0 Å². The third-order valence-corrected chi connectivity index (χ3v) is 18.5. The molecule has 10 aromatic carbocycles. The lowest BCUT2D eigenvalue weighted by Crippen LogP contribution is -2.43. The van der Waals surface area contributed by atoms with Gasteiger partial charge in [0.1, 0.15) is 5.82 Å². The molecule has 2 unspecified atom stereocenters. The van der Waals surface area contributed by atoms with Crippen LogP contribution in [0.2, 0.25) is 0 Å². The Morgan fingerprint density at radius 3 is 1.09 bits per heavy atom. The molecule has 2 fully saturated rings. The van der Waals surface area contributed by atoms with Crippen LogP contribution < -0.4 is 0 Å². The van der Waals surface area contributed by atoms with Gasteiger partial charge in [-0.2, -0.15) is 0 Å². The van der Waals surface area contributed by atoms with Crippen LogP contribution >= 0.6 is 0 Å². The maximum absolute atomic E-state index is 5.83. The highest BCUT2D eigenvalue weighted by atomic mass is 15.1. The first-order valence-corrected chi connectivity index (χ1v) is 28.9. The Bertz CT molecular complexity index is 4720. The van der Waals surface area contributed by atoms with E-state index in [1.54, 1.807) is 0 Å². The highest BCUT2D eigenvalue weighted by Crippen LogP contribution is 2.54. The topological polar surface area (TPSA) is 58.4 Å². The minimum atomic E-state index is -0.178. The molecule has 0 aliphatic heterocycles. The standard InChI is InChI=1S/C74H57N7/c1-46-37-48-38-47(2)44-74(43-46,45-48)73-76-71(55-29-13-19-35-65(55)80-63-33-17-11-27-53(63)59-39-57-51-25-9-15-31-61(51)78(67(57)41-69(59)80)49-21-5-3-6-22-49)75-72(77-73)56-30-14-20-36-66(56)81-64-34-18-12-28-54(64)60-40-58-52-26-10-16-32-62(52)79(68(58)42-70(60)81)50-23-7-4-8-24-50/h3-36,39-42,46-48H,37-38,43-45H2,1-2H3/t46-,47+,48?,74?. The Hall–Kier alpha value is -9.59. The molecule has 2 aliphatic carbocycles. The van der Waals surface area contributed by atoms with Gasteiger partial charge in [-0.1, -0.05) is 147 Å². The van der Waals surface area contributed by atoms with E-state index in [4.69, 9.17) is 15.0 Å². The lowest BCUT2D eigenvalue weighted by Gasteiger charge is -2.49. The van der Waals surface area contributed by atoms with Crippen LogP contribution in [0.4, 0.5) is 0 Å². The van der Waals surface area contributed by atoms with E-state index in [-0.39, 0.29) is 5.41 Å². The molecule has 5 heterocycles. The lowest BCUT2D eigenvalue weighted by atomic mass is 9.56. The Balaban J connectivity index is 0.925. The van der Waals surface area contributed by atoms with Gasteiger partial charge >= 0.3 is 0 Å². The molecular weight excluding hydrogens is 987 g/mol. The second kappa shape index (κ2) is 17.7. The molecular formula is C74H57N7. The van der Waals surface area contributed by atoms with Crippen LogP contribution in [0, 0.1) is 17.8 Å². The van der Waals surface area contributed by atoms with E-state index in [1.165, 1.54) is 67.0 Å². The second-order valence-corrected chi connectivity index (χ2v) is 23.6. The first-order valence-electron chi connectivity index (χ1n) is 28.9. The highest BCUT2D eigenvalue weighted by Gasteiger charge is 2.48. The van der Waals surface area contributed by atoms with Gasteiger partial charge in [0.15, 0.2) is 11.6 Å². The number of nitrogens with zero attached hydrogens (tertiary/aromatic N) is 7. The third kappa shape index (κ3) is 6.97. The minimum Gasteiger partial charge on any atom is -0.309 e. The first-order chi connectivity index (χ1) is 39.9. The predicted molar refractivity (Wildman–Crippen MR) is 335 cm³/mol. The van der Waals surface area contributed by atoms with Crippen molar-refractivity contribution in [3.05, 3.63) is 236 Å². The normalized spacial score (nSPS) is 18.4. The molecule has 0 amide bonds. The van der Waals surface area contributed by atoms with Crippen molar-refractivity contribution in [2.24, 2.45) is 17.8 Å². The Morgan fingerprint density at radius 1 is 0.321 bits per heavy atom. The van der Waals surface area contributed by atoms with E-state index < -0.39 is 0 Å². The molecule has 7 heteroatoms. The number of hydrogen-bond acceptors (Lipinski definition) is 3. The summed E-state index contributed by atoms with van der Waals surface area (Å²) < 4.78 is 9.78. The van der Waals surface area contributed by atoms with Gasteiger partial charge in [-0.3, -0.25) is 0 Å². The fraction of sp³-hybridized carbons (Fsp3) is 0.149. The van der Waals surface area contributed by atoms with Crippen molar-refractivity contribution in [2.75, 3.05) is 0 Å². The molecule has 81 heavy (non-hydrogen) atoms. The van der Waals surface area contributed by atoms with Gasteiger partial charge in [0, 0.05) is 71.0 Å². The third-order valence-electron chi connectivity index (χ3n) is 18.5. The van der Waals surface area contributed by atoms with Gasteiger partial charge < -0.3 is 18.3 Å². The van der Waals surface area contributed by atoms with E-state index >= 15 is 0 Å². The van der Waals surface area contributed by atoms with Gasteiger partial charge in [0.05, 0.1) is 55.5 Å². The molecule has 0 saturated heterocycles. The first kappa shape index (κ1) is 46.3. The fourth-order valence-corrected chi connectivity index (χ4v) is 15.6. The molecule has 7 nitrogen and oxygen atoms in total. The lowest BCUT2D eigenvalue weighted by molar-refractivity contribution is 0.0720. The summed E-state index contributed by atoms with van der Waals surface area (Å²) in [5.74, 6) is 4.11. The number of rotatable bonds is 7. The van der Waals surface area contributed by atoms with E-state index in [1.807, 2.05) is 0 Å². The average molecular weight is 1040 g/mol. The van der Waals surface area contributed by atoms with Gasteiger partial charge in [-0.15, -0.1) is 0 Å². The fourth-order valence-electron chi connectivity index (χ4n) is 15.6. The number of aromatic nitrogens is 7. The summed E-state index contributed by atoms with van der Waals surface area (Å²) in [6.07, 6.45) is 5.76. The van der Waals surface area contributed by atoms with Crippen molar-refractivity contribution in [1.82, 2.24) is 33.2 Å². The predicted octanol–water partition coefficient (Wildman–Crippen LogP) is 18.7. The Labute approximate surface area is 469 Å². The van der Waals surface area contributed by atoms with Crippen LogP contribution in [-0.4, -0.2) is 33.2 Å². The number of para-hydroxylation sites is 8. The van der Waals surface area contributed by atoms with Crippen molar-refractivity contribution >= 4 is 87.2 Å². The molecule has 2 aliphatic rings. The van der Waals surface area contributed by atoms with E-state index in [2.05, 4.69) is 263 Å². The summed E-state index contributed by atoms with van der Waals surface area (Å²) >= 11 is 0. The second-order valence-electron chi connectivity index (χ2n) is 23.6. The maximum Gasteiger partial charge on any atom is 0.165 e. The smallest absolute Gasteiger partial charge is 0.165 e. The zero-order chi connectivity index (χ0) is 53.5. The number of benzene rings is 10. The van der Waals surface area contributed by atoms with Crippen LogP contribution in [0.25, 0.3) is 133 Å². The number of fused-ring (bicyclic) bond motifs is 14. The van der Waals surface area contributed by atoms with Crippen molar-refractivity contribution in [2.45, 2.75) is 51.4 Å². The summed E-state index contributed by atoms with van der Waals surface area (Å²) in [5, 5.41) is 9.77. The summed E-state index contributed by atoms with van der Waals surface area (Å²) in [4.78, 5) is 17.4. The molecule has 0 N–H and O–H groups in total. The quantitative estimate of drug-likeness (QED) is 0.160. The van der Waals surface area contributed by atoms with Crippen molar-refractivity contribution in [3.63, 3.8) is 0 Å². The minimum absolute atomic E-state index is 0.178. The maximum atomic E-state index is 5.83. The molecule has 5 aromatic heterocycles. The molecule has 2 bridgehead atoms. The van der Waals surface area contributed by atoms with E-state index in [0.717, 1.165) is 92.1 Å². The van der Waals surface area contributed by atoms with Gasteiger partial charge in [-0.25, -0.2) is 15.0 Å². The molecule has 0 radical (unpaired) electrons. The van der Waals surface area contributed by atoms with Gasteiger partial charge in [0.2, 0.25) is 0 Å². The zero-order valence-corrected chi connectivity index (χ0v) is 45.3. The monoisotopic (exact) mass is 1040 g/mol. The van der Waals surface area contributed by atoms with E-state index in [9.17, 15) is 0 Å². The SMILES string of the molecule is C[C@@H]1CC2C[C@H](C)CC(c3nc(-c4ccccc4-n4c5ccccc5c5cc6c7ccccc7n(-c7ccccc7)c6cc54)nc(-c4ccccc4-n4c5ccccc5c5cc6c7ccccc7n(-c7ccccc7)c6cc54)n3)(C2)C1. The number of hydrogen-bond donors (Lipinski definition) is 0. The van der Waals surface area contributed by atoms with E-state index in [0.29, 0.717) is 29.4 Å². The van der Waals surface area contributed by atoms with Gasteiger partial charge in [-0.05, 0) is 147 Å². The van der Waals surface area contributed by atoms with Crippen molar-refractivity contribution in [1.29, 1.82) is 0 Å². The average Bonchev–Trinajstić information content (AvgIpc) is 4.30. The summed E-state index contributed by atoms with van der Waals surface area (Å²) in [7, 11) is 0. The summed E-state index contributed by atoms with van der Waals surface area (Å²) in [6, 6.07) is 84.3. The van der Waals surface area contributed by atoms with Crippen molar-refractivity contribution < 1.29 is 0 Å². The Morgan fingerprint density at radius 2 is 0.667 bits per heavy atom. The molecule has 2 saturated carbocycles. The summed E-state index contributed by atoms with van der Waals surface area (Å²) in [5.41, 5.74) is 15.3. The highest BCUT2D eigenvalue weighted by molar-refractivity contribution is 6.21. The largest absolute Gasteiger partial charge is 0.309 e.